The highest BCUT2D eigenvalue weighted by atomic mass is 127. The zero-order valence-electron chi connectivity index (χ0n) is 12.6. The van der Waals surface area contributed by atoms with Crippen LogP contribution >= 0.6 is 24.0 Å². The number of hydrogen-bond acceptors (Lipinski definition) is 3. The molecule has 0 aromatic carbocycles. The molecule has 0 atom stereocenters. The van der Waals surface area contributed by atoms with Crippen molar-refractivity contribution in [2.24, 2.45) is 10.9 Å². The van der Waals surface area contributed by atoms with Gasteiger partial charge < -0.3 is 10.6 Å². The van der Waals surface area contributed by atoms with E-state index in [-0.39, 0.29) is 29.7 Å². The molecule has 0 amide bonds. The fraction of sp³-hybridized carbons (Fsp3) is 0.917. The van der Waals surface area contributed by atoms with Gasteiger partial charge in [-0.05, 0) is 18.8 Å². The maximum Gasteiger partial charge on any atom is 0.215 e. The van der Waals surface area contributed by atoms with Gasteiger partial charge in [-0.2, -0.15) is 0 Å². The summed E-state index contributed by atoms with van der Waals surface area (Å²) in [6.45, 7) is 6.04. The van der Waals surface area contributed by atoms with E-state index < -0.39 is 10.0 Å². The van der Waals surface area contributed by atoms with Crippen LogP contribution in [0.2, 0.25) is 0 Å². The van der Waals surface area contributed by atoms with Crippen molar-refractivity contribution in [3.8, 4) is 0 Å². The Balaban J connectivity index is 0.00000361. The lowest BCUT2D eigenvalue weighted by atomic mass is 10.4. The molecule has 1 fully saturated rings. The fourth-order valence-electron chi connectivity index (χ4n) is 1.83. The molecular weight excluding hydrogens is 391 g/mol. The van der Waals surface area contributed by atoms with Crippen LogP contribution in [0.4, 0.5) is 0 Å². The monoisotopic (exact) mass is 418 g/mol. The van der Waals surface area contributed by atoms with Crippen LogP contribution in [0.3, 0.4) is 0 Å². The number of nitrogens with zero attached hydrogens (tertiary/aromatic N) is 2. The molecule has 0 unspecified atom stereocenters. The average Bonchev–Trinajstić information content (AvgIpc) is 3.18. The number of guanidine groups is 1. The van der Waals surface area contributed by atoms with Crippen LogP contribution in [0.5, 0.6) is 0 Å². The first-order chi connectivity index (χ1) is 9.03. The molecule has 0 bridgehead atoms. The van der Waals surface area contributed by atoms with Gasteiger partial charge in [0.1, 0.15) is 0 Å². The van der Waals surface area contributed by atoms with Gasteiger partial charge >= 0.3 is 0 Å². The van der Waals surface area contributed by atoms with Crippen molar-refractivity contribution in [3.05, 3.63) is 0 Å². The van der Waals surface area contributed by atoms with Crippen molar-refractivity contribution in [2.75, 3.05) is 39.0 Å². The number of nitrogens with one attached hydrogen (secondary N) is 2. The Hall–Kier alpha value is -0.0900. The smallest absolute Gasteiger partial charge is 0.215 e. The van der Waals surface area contributed by atoms with Gasteiger partial charge in [0.2, 0.25) is 10.0 Å². The van der Waals surface area contributed by atoms with Gasteiger partial charge in [0.25, 0.3) is 0 Å². The van der Waals surface area contributed by atoms with Gasteiger partial charge in [0.05, 0.1) is 5.75 Å². The summed E-state index contributed by atoms with van der Waals surface area (Å²) in [6, 6.07) is 0. The van der Waals surface area contributed by atoms with Crippen molar-refractivity contribution in [1.82, 2.24) is 14.9 Å². The molecule has 0 aromatic rings. The number of hydrogen-bond donors (Lipinski definition) is 2. The summed E-state index contributed by atoms with van der Waals surface area (Å²) in [5.74, 6) is 1.54. The summed E-state index contributed by atoms with van der Waals surface area (Å²) < 4.78 is 25.4. The molecule has 0 heterocycles. The van der Waals surface area contributed by atoms with Gasteiger partial charge in [0, 0.05) is 33.2 Å². The Labute approximate surface area is 139 Å². The molecule has 1 saturated carbocycles. The van der Waals surface area contributed by atoms with Crippen LogP contribution in [-0.2, 0) is 10.0 Å². The molecule has 1 aliphatic carbocycles. The molecule has 0 saturated heterocycles. The van der Waals surface area contributed by atoms with Crippen LogP contribution in [0.15, 0.2) is 4.99 Å². The fourth-order valence-corrected chi connectivity index (χ4v) is 3.23. The highest BCUT2D eigenvalue weighted by Gasteiger charge is 2.21. The van der Waals surface area contributed by atoms with E-state index in [9.17, 15) is 8.42 Å². The quantitative estimate of drug-likeness (QED) is 0.348. The van der Waals surface area contributed by atoms with Crippen molar-refractivity contribution in [2.45, 2.75) is 26.7 Å². The third kappa shape index (κ3) is 7.07. The Morgan fingerprint density at radius 1 is 1.25 bits per heavy atom. The van der Waals surface area contributed by atoms with Crippen LogP contribution in [0.25, 0.3) is 0 Å². The summed E-state index contributed by atoms with van der Waals surface area (Å²) in [5.41, 5.74) is 0. The summed E-state index contributed by atoms with van der Waals surface area (Å²) in [6.07, 6.45) is 2.56. The van der Waals surface area contributed by atoms with Crippen LogP contribution in [0.1, 0.15) is 26.7 Å². The molecule has 0 radical (unpaired) electrons. The van der Waals surface area contributed by atoms with E-state index in [2.05, 4.69) is 15.6 Å². The van der Waals surface area contributed by atoms with Crippen molar-refractivity contribution in [1.29, 1.82) is 0 Å². The Kier molecular flexibility index (Phi) is 9.73. The largest absolute Gasteiger partial charge is 0.356 e. The van der Waals surface area contributed by atoms with E-state index in [1.165, 1.54) is 17.1 Å². The molecule has 0 spiro atoms. The lowest BCUT2D eigenvalue weighted by Crippen LogP contribution is -2.42. The molecule has 20 heavy (non-hydrogen) atoms. The summed E-state index contributed by atoms with van der Waals surface area (Å²) in [7, 11) is -1.46. The zero-order chi connectivity index (χ0) is 14.3. The van der Waals surface area contributed by atoms with Crippen molar-refractivity contribution < 1.29 is 8.42 Å². The van der Waals surface area contributed by atoms with Crippen molar-refractivity contribution in [3.63, 3.8) is 0 Å². The Morgan fingerprint density at radius 2 is 1.85 bits per heavy atom. The van der Waals surface area contributed by atoms with E-state index in [0.29, 0.717) is 25.6 Å². The van der Waals surface area contributed by atoms with E-state index in [4.69, 9.17) is 0 Å². The second kappa shape index (κ2) is 9.78. The van der Waals surface area contributed by atoms with Crippen LogP contribution < -0.4 is 10.6 Å². The predicted octanol–water partition coefficient (Wildman–Crippen LogP) is 0.851. The van der Waals surface area contributed by atoms with Gasteiger partial charge in [-0.25, -0.2) is 12.7 Å². The molecule has 0 aromatic heterocycles. The second-order valence-corrected chi connectivity index (χ2v) is 6.81. The highest BCUT2D eigenvalue weighted by molar-refractivity contribution is 14.0. The molecule has 1 rings (SSSR count). The predicted molar refractivity (Wildman–Crippen MR) is 94.2 cm³/mol. The SMILES string of the molecule is CCN(CC)S(=O)(=O)CCNC(=NC)NCC1CC1.I. The van der Waals surface area contributed by atoms with Crippen LogP contribution in [-0.4, -0.2) is 57.7 Å². The molecule has 6 nitrogen and oxygen atoms in total. The molecule has 120 valence electrons. The van der Waals surface area contributed by atoms with Gasteiger partial charge in [-0.15, -0.1) is 24.0 Å². The zero-order valence-corrected chi connectivity index (χ0v) is 15.7. The molecule has 1 aliphatic rings. The minimum atomic E-state index is -3.16. The molecule has 8 heteroatoms. The third-order valence-electron chi connectivity index (χ3n) is 3.23. The number of halogens is 1. The lowest BCUT2D eigenvalue weighted by molar-refractivity contribution is 0.445. The second-order valence-electron chi connectivity index (χ2n) is 4.72. The van der Waals surface area contributed by atoms with Crippen molar-refractivity contribution >= 4 is 40.0 Å². The van der Waals surface area contributed by atoms with E-state index in [1.807, 2.05) is 13.8 Å². The molecule has 2 N–H and O–H groups in total. The maximum absolute atomic E-state index is 12.0. The highest BCUT2D eigenvalue weighted by Crippen LogP contribution is 2.27. The number of aliphatic imine (C=N–C) groups is 1. The Morgan fingerprint density at radius 3 is 2.30 bits per heavy atom. The Bertz CT molecular complexity index is 392. The van der Waals surface area contributed by atoms with E-state index >= 15 is 0 Å². The lowest BCUT2D eigenvalue weighted by Gasteiger charge is -2.19. The van der Waals surface area contributed by atoms with E-state index in [0.717, 1.165) is 12.5 Å². The first-order valence-electron chi connectivity index (χ1n) is 6.95. The normalized spacial score (nSPS) is 15.9. The summed E-state index contributed by atoms with van der Waals surface area (Å²) in [4.78, 5) is 4.08. The van der Waals surface area contributed by atoms with Gasteiger partial charge in [-0.3, -0.25) is 4.99 Å². The molecule has 0 aliphatic heterocycles. The maximum atomic E-state index is 12.0. The van der Waals surface area contributed by atoms with Crippen LogP contribution in [0, 0.1) is 5.92 Å². The van der Waals surface area contributed by atoms with Gasteiger partial charge in [0.15, 0.2) is 5.96 Å². The summed E-state index contributed by atoms with van der Waals surface area (Å²) >= 11 is 0. The number of rotatable bonds is 8. The number of sulfonamides is 1. The standard InChI is InChI=1S/C12H26N4O2S.HI/c1-4-16(5-2)19(17,18)9-8-14-12(13-3)15-10-11-6-7-11;/h11H,4-10H2,1-3H3,(H2,13,14,15);1H. The third-order valence-corrected chi connectivity index (χ3v) is 5.25. The molecular formula is C12H27IN4O2S. The topological polar surface area (TPSA) is 73.8 Å². The van der Waals surface area contributed by atoms with E-state index in [1.54, 1.807) is 7.05 Å². The average molecular weight is 418 g/mol. The minimum Gasteiger partial charge on any atom is -0.356 e. The first-order valence-corrected chi connectivity index (χ1v) is 8.56. The summed E-state index contributed by atoms with van der Waals surface area (Å²) in [5, 5.41) is 6.25. The first kappa shape index (κ1) is 19.9. The van der Waals surface area contributed by atoms with Gasteiger partial charge in [-0.1, -0.05) is 13.8 Å². The minimum absolute atomic E-state index is 0.